The van der Waals surface area contributed by atoms with Gasteiger partial charge in [-0.1, -0.05) is 6.07 Å². The number of halogens is 2. The molecule has 0 aliphatic carbocycles. The molecule has 2 atom stereocenters. The van der Waals surface area contributed by atoms with E-state index < -0.39 is 11.6 Å². The van der Waals surface area contributed by atoms with Gasteiger partial charge in [-0.05, 0) is 37.3 Å². The number of hydrogen-bond acceptors (Lipinski definition) is 3. The van der Waals surface area contributed by atoms with Crippen LogP contribution in [-0.2, 0) is 0 Å². The Hall–Kier alpha value is -0.650. The summed E-state index contributed by atoms with van der Waals surface area (Å²) in [5.41, 5.74) is 0.706. The maximum absolute atomic E-state index is 13.1. The van der Waals surface area contributed by atoms with Crippen LogP contribution in [0.5, 0.6) is 0 Å². The van der Waals surface area contributed by atoms with Crippen LogP contribution in [0.25, 0.3) is 0 Å². The SMILES string of the molecule is CSCC(CCO)NC(C)c1ccc(F)c(F)c1. The first-order chi connectivity index (χ1) is 8.58. The summed E-state index contributed by atoms with van der Waals surface area (Å²) >= 11 is 1.68. The molecule has 0 heterocycles. The summed E-state index contributed by atoms with van der Waals surface area (Å²) in [5.74, 6) is -0.791. The van der Waals surface area contributed by atoms with Gasteiger partial charge in [-0.2, -0.15) is 11.8 Å². The molecule has 18 heavy (non-hydrogen) atoms. The van der Waals surface area contributed by atoms with Gasteiger partial charge in [0.25, 0.3) is 0 Å². The molecule has 2 nitrogen and oxygen atoms in total. The fraction of sp³-hybridized carbons (Fsp3) is 0.538. The molecular weight excluding hydrogens is 256 g/mol. The number of aliphatic hydroxyl groups excluding tert-OH is 1. The molecule has 1 aromatic carbocycles. The minimum absolute atomic E-state index is 0.0798. The predicted molar refractivity (Wildman–Crippen MR) is 71.8 cm³/mol. The molecule has 0 saturated carbocycles. The van der Waals surface area contributed by atoms with E-state index in [1.165, 1.54) is 6.07 Å². The molecule has 0 aliphatic heterocycles. The van der Waals surface area contributed by atoms with Crippen LogP contribution < -0.4 is 5.32 Å². The Labute approximate surface area is 111 Å². The van der Waals surface area contributed by atoms with Crippen molar-refractivity contribution in [3.8, 4) is 0 Å². The van der Waals surface area contributed by atoms with Crippen LogP contribution in [0, 0.1) is 11.6 Å². The number of hydrogen-bond donors (Lipinski definition) is 2. The Kier molecular flexibility index (Phi) is 6.60. The van der Waals surface area contributed by atoms with Crippen molar-refractivity contribution in [1.82, 2.24) is 5.32 Å². The highest BCUT2D eigenvalue weighted by molar-refractivity contribution is 7.98. The van der Waals surface area contributed by atoms with Crippen molar-refractivity contribution >= 4 is 11.8 Å². The van der Waals surface area contributed by atoms with Crippen molar-refractivity contribution in [3.05, 3.63) is 35.4 Å². The van der Waals surface area contributed by atoms with E-state index in [2.05, 4.69) is 5.32 Å². The third-order valence-corrected chi connectivity index (χ3v) is 3.51. The second kappa shape index (κ2) is 7.71. The molecule has 0 saturated heterocycles. The Morgan fingerprint density at radius 1 is 1.33 bits per heavy atom. The fourth-order valence-corrected chi connectivity index (χ4v) is 2.47. The molecule has 0 radical (unpaired) electrons. The van der Waals surface area contributed by atoms with Crippen LogP contribution in [0.3, 0.4) is 0 Å². The summed E-state index contributed by atoms with van der Waals surface area (Å²) < 4.78 is 26.0. The van der Waals surface area contributed by atoms with Gasteiger partial charge >= 0.3 is 0 Å². The largest absolute Gasteiger partial charge is 0.396 e. The minimum atomic E-state index is -0.832. The van der Waals surface area contributed by atoms with E-state index in [1.807, 2.05) is 13.2 Å². The Balaban J connectivity index is 2.67. The molecule has 5 heteroatoms. The fourth-order valence-electron chi connectivity index (χ4n) is 1.80. The van der Waals surface area contributed by atoms with Crippen molar-refractivity contribution in [3.63, 3.8) is 0 Å². The van der Waals surface area contributed by atoms with Gasteiger partial charge in [0.05, 0.1) is 0 Å². The lowest BCUT2D eigenvalue weighted by molar-refractivity contribution is 0.265. The number of aliphatic hydroxyl groups is 1. The van der Waals surface area contributed by atoms with Crippen LogP contribution in [0.15, 0.2) is 18.2 Å². The molecule has 0 bridgehead atoms. The summed E-state index contributed by atoms with van der Waals surface area (Å²) in [4.78, 5) is 0. The van der Waals surface area contributed by atoms with Crippen molar-refractivity contribution < 1.29 is 13.9 Å². The lowest BCUT2D eigenvalue weighted by Crippen LogP contribution is -2.34. The van der Waals surface area contributed by atoms with Crippen molar-refractivity contribution in [2.24, 2.45) is 0 Å². The topological polar surface area (TPSA) is 32.3 Å². The van der Waals surface area contributed by atoms with E-state index in [9.17, 15) is 8.78 Å². The second-order valence-corrected chi connectivity index (χ2v) is 5.14. The number of rotatable bonds is 7. The Morgan fingerprint density at radius 3 is 2.61 bits per heavy atom. The standard InChI is InChI=1S/C13H19F2NOS/c1-9(16-11(5-6-17)8-18-2)10-3-4-12(14)13(15)7-10/h3-4,7,9,11,16-17H,5-6,8H2,1-2H3. The minimum Gasteiger partial charge on any atom is -0.396 e. The molecule has 0 amide bonds. The smallest absolute Gasteiger partial charge is 0.159 e. The first-order valence-electron chi connectivity index (χ1n) is 5.89. The summed E-state index contributed by atoms with van der Waals surface area (Å²) in [7, 11) is 0. The van der Waals surface area contributed by atoms with Gasteiger partial charge in [0, 0.05) is 24.4 Å². The van der Waals surface area contributed by atoms with Crippen molar-refractivity contribution in [2.75, 3.05) is 18.6 Å². The average molecular weight is 275 g/mol. The average Bonchev–Trinajstić information content (AvgIpc) is 2.33. The van der Waals surface area contributed by atoms with E-state index in [0.29, 0.717) is 12.0 Å². The molecule has 1 rings (SSSR count). The molecule has 0 spiro atoms. The Bertz CT molecular complexity index is 370. The predicted octanol–water partition coefficient (Wildman–Crippen LogP) is 2.73. The van der Waals surface area contributed by atoms with Crippen LogP contribution in [0.2, 0.25) is 0 Å². The molecule has 1 aromatic rings. The molecule has 0 fully saturated rings. The summed E-state index contributed by atoms with van der Waals surface area (Å²) in [6.07, 6.45) is 2.64. The van der Waals surface area contributed by atoms with Gasteiger partial charge in [0.2, 0.25) is 0 Å². The van der Waals surface area contributed by atoms with Crippen LogP contribution >= 0.6 is 11.8 Å². The van der Waals surface area contributed by atoms with Gasteiger partial charge in [0.1, 0.15) is 0 Å². The third-order valence-electron chi connectivity index (χ3n) is 2.77. The highest BCUT2D eigenvalue weighted by Crippen LogP contribution is 2.17. The number of benzene rings is 1. The molecule has 0 aliphatic rings. The van der Waals surface area contributed by atoms with E-state index >= 15 is 0 Å². The summed E-state index contributed by atoms with van der Waals surface area (Å²) in [6.45, 7) is 2.01. The second-order valence-electron chi connectivity index (χ2n) is 4.23. The quantitative estimate of drug-likeness (QED) is 0.802. The molecule has 2 N–H and O–H groups in total. The highest BCUT2D eigenvalue weighted by atomic mass is 32.2. The maximum Gasteiger partial charge on any atom is 0.159 e. The number of nitrogens with one attached hydrogen (secondary N) is 1. The molecule has 0 aromatic heterocycles. The lowest BCUT2D eigenvalue weighted by Gasteiger charge is -2.22. The van der Waals surface area contributed by atoms with Gasteiger partial charge in [-0.3, -0.25) is 0 Å². The first kappa shape index (κ1) is 15.4. The highest BCUT2D eigenvalue weighted by Gasteiger charge is 2.14. The zero-order valence-electron chi connectivity index (χ0n) is 10.6. The first-order valence-corrected chi connectivity index (χ1v) is 7.28. The van der Waals surface area contributed by atoms with E-state index in [1.54, 1.807) is 17.8 Å². The third kappa shape index (κ3) is 4.55. The lowest BCUT2D eigenvalue weighted by atomic mass is 10.1. The molecule has 2 unspecified atom stereocenters. The van der Waals surface area contributed by atoms with Crippen LogP contribution in [-0.4, -0.2) is 29.8 Å². The van der Waals surface area contributed by atoms with E-state index in [-0.39, 0.29) is 18.7 Å². The van der Waals surface area contributed by atoms with Crippen molar-refractivity contribution in [1.29, 1.82) is 0 Å². The zero-order chi connectivity index (χ0) is 13.5. The maximum atomic E-state index is 13.1. The molecular formula is C13H19F2NOS. The van der Waals surface area contributed by atoms with Gasteiger partial charge in [-0.15, -0.1) is 0 Å². The van der Waals surface area contributed by atoms with Crippen LogP contribution in [0.1, 0.15) is 24.9 Å². The summed E-state index contributed by atoms with van der Waals surface area (Å²) in [6, 6.07) is 4.00. The van der Waals surface area contributed by atoms with E-state index in [0.717, 1.165) is 11.8 Å². The molecule has 102 valence electrons. The van der Waals surface area contributed by atoms with Gasteiger partial charge < -0.3 is 10.4 Å². The Morgan fingerprint density at radius 2 is 2.06 bits per heavy atom. The van der Waals surface area contributed by atoms with E-state index in [4.69, 9.17) is 5.11 Å². The monoisotopic (exact) mass is 275 g/mol. The van der Waals surface area contributed by atoms with Crippen LogP contribution in [0.4, 0.5) is 8.78 Å². The number of thioether (sulfide) groups is 1. The van der Waals surface area contributed by atoms with Gasteiger partial charge in [-0.25, -0.2) is 8.78 Å². The van der Waals surface area contributed by atoms with Crippen molar-refractivity contribution in [2.45, 2.75) is 25.4 Å². The zero-order valence-corrected chi connectivity index (χ0v) is 11.4. The van der Waals surface area contributed by atoms with Gasteiger partial charge in [0.15, 0.2) is 11.6 Å². The summed E-state index contributed by atoms with van der Waals surface area (Å²) in [5, 5.41) is 12.3. The normalized spacial score (nSPS) is 14.5.